The van der Waals surface area contributed by atoms with Gasteiger partial charge in [0, 0.05) is 13.1 Å². The molecule has 0 aromatic heterocycles. The molecule has 0 aliphatic heterocycles. The van der Waals surface area contributed by atoms with Crippen LogP contribution in [0.5, 0.6) is 0 Å². The van der Waals surface area contributed by atoms with Gasteiger partial charge in [-0.1, -0.05) is 149 Å². The van der Waals surface area contributed by atoms with E-state index < -0.39 is 48.2 Å². The number of aliphatic hydroxyl groups excluding tert-OH is 1. The lowest BCUT2D eigenvalue weighted by atomic mass is 9.93. The summed E-state index contributed by atoms with van der Waals surface area (Å²) >= 11 is 0. The van der Waals surface area contributed by atoms with E-state index in [9.17, 15) is 24.3 Å². The number of amides is 4. The van der Waals surface area contributed by atoms with Crippen molar-refractivity contribution in [3.8, 4) is 0 Å². The van der Waals surface area contributed by atoms with E-state index in [1.807, 2.05) is 135 Å². The van der Waals surface area contributed by atoms with Crippen molar-refractivity contribution in [2.45, 2.75) is 84.1 Å². The second kappa shape index (κ2) is 21.2. The van der Waals surface area contributed by atoms with Crippen molar-refractivity contribution in [1.82, 2.24) is 26.6 Å². The third kappa shape index (κ3) is 13.2. The zero-order chi connectivity index (χ0) is 38.9. The average Bonchev–Trinajstić information content (AvgIpc) is 3.18. The molecule has 4 amide bonds. The van der Waals surface area contributed by atoms with Gasteiger partial charge < -0.3 is 31.1 Å². The van der Waals surface area contributed by atoms with Crippen LogP contribution >= 0.6 is 0 Å². The topological polar surface area (TPSA) is 158 Å². The molecule has 4 aromatic rings. The fourth-order valence-electron chi connectivity index (χ4n) is 5.92. The van der Waals surface area contributed by atoms with E-state index in [0.29, 0.717) is 0 Å². The molecule has 0 saturated carbocycles. The Kier molecular flexibility index (Phi) is 16.2. The highest BCUT2D eigenvalue weighted by Crippen LogP contribution is 2.14. The Morgan fingerprint density at radius 2 is 0.981 bits per heavy atom. The normalized spacial score (nSPS) is 13.9. The summed E-state index contributed by atoms with van der Waals surface area (Å²) in [6, 6.07) is 33.2. The van der Waals surface area contributed by atoms with E-state index in [1.54, 1.807) is 13.8 Å². The summed E-state index contributed by atoms with van der Waals surface area (Å²) in [7, 11) is 0. The van der Waals surface area contributed by atoms with Crippen LogP contribution in [0.3, 0.4) is 0 Å². The standard InChI is InChI=1S/C43H53N5O6/c1-29(2)36(40(50)45-27-33-21-13-7-14-22-33)47-42(52)38(44-26-32-19-11-6-12-20-32)39(49)35(25-31-17-9-5-10-18-31)46-41(51)37(30(3)4)48-43(53)54-28-34-23-15-8-16-24-34/h5-24,29-30,35-39,44,49H,25-28H2,1-4H3,(H,45,50)(H,46,51)(H,47,52)(H,48,53)/t35?,36-,37+,38?,39?/m1/s1. The Hall–Kier alpha value is -5.52. The molecular weight excluding hydrogens is 683 g/mol. The molecule has 11 nitrogen and oxygen atoms in total. The quantitative estimate of drug-likeness (QED) is 0.0819. The third-order valence-electron chi connectivity index (χ3n) is 9.02. The Morgan fingerprint density at radius 3 is 1.50 bits per heavy atom. The number of ether oxygens (including phenoxy) is 1. The van der Waals surface area contributed by atoms with Crippen LogP contribution in [-0.4, -0.2) is 59.2 Å². The number of hydrogen-bond acceptors (Lipinski definition) is 7. The number of carbonyl (C=O) groups excluding carboxylic acids is 4. The van der Waals surface area contributed by atoms with Crippen molar-refractivity contribution in [2.24, 2.45) is 11.8 Å². The zero-order valence-electron chi connectivity index (χ0n) is 31.4. The van der Waals surface area contributed by atoms with Gasteiger partial charge in [0.1, 0.15) is 24.7 Å². The molecule has 0 fully saturated rings. The van der Waals surface area contributed by atoms with Gasteiger partial charge in [-0.3, -0.25) is 19.7 Å². The monoisotopic (exact) mass is 735 g/mol. The Morgan fingerprint density at radius 1 is 0.537 bits per heavy atom. The minimum absolute atomic E-state index is 0.0278. The van der Waals surface area contributed by atoms with Crippen LogP contribution < -0.4 is 26.6 Å². The molecule has 54 heavy (non-hydrogen) atoms. The number of hydrogen-bond donors (Lipinski definition) is 6. The number of benzene rings is 4. The fraction of sp³-hybridized carbons (Fsp3) is 0.349. The van der Waals surface area contributed by atoms with E-state index in [-0.39, 0.29) is 43.9 Å². The van der Waals surface area contributed by atoms with Crippen molar-refractivity contribution in [3.63, 3.8) is 0 Å². The van der Waals surface area contributed by atoms with Crippen LogP contribution in [0.15, 0.2) is 121 Å². The maximum atomic E-state index is 14.2. The van der Waals surface area contributed by atoms with E-state index in [4.69, 9.17) is 4.74 Å². The zero-order valence-corrected chi connectivity index (χ0v) is 31.4. The highest BCUT2D eigenvalue weighted by atomic mass is 16.5. The van der Waals surface area contributed by atoms with Crippen molar-refractivity contribution >= 4 is 23.8 Å². The summed E-state index contributed by atoms with van der Waals surface area (Å²) in [6.07, 6.45) is -2.07. The molecule has 4 aromatic carbocycles. The Bertz CT molecular complexity index is 1740. The molecule has 3 unspecified atom stereocenters. The summed E-state index contributed by atoms with van der Waals surface area (Å²) in [5, 5.41) is 26.7. The van der Waals surface area contributed by atoms with Gasteiger partial charge in [0.2, 0.25) is 17.7 Å². The largest absolute Gasteiger partial charge is 0.445 e. The van der Waals surface area contributed by atoms with Crippen LogP contribution in [-0.2, 0) is 45.2 Å². The molecule has 11 heteroatoms. The fourth-order valence-corrected chi connectivity index (χ4v) is 5.92. The summed E-state index contributed by atoms with van der Waals surface area (Å²) in [4.78, 5) is 54.4. The van der Waals surface area contributed by atoms with Crippen molar-refractivity contribution in [1.29, 1.82) is 0 Å². The Balaban J connectivity index is 1.56. The van der Waals surface area contributed by atoms with Gasteiger partial charge in [-0.15, -0.1) is 0 Å². The van der Waals surface area contributed by atoms with Gasteiger partial charge in [0.25, 0.3) is 0 Å². The SMILES string of the molecule is CC(C)[C@H](NC(=O)OCc1ccccc1)C(=O)NC(Cc1ccccc1)C(O)C(NCc1ccccc1)C(=O)N[C@@H](C(=O)NCc1ccccc1)C(C)C. The Labute approximate surface area is 318 Å². The van der Waals surface area contributed by atoms with Crippen LogP contribution in [0.4, 0.5) is 4.79 Å². The second-order valence-electron chi connectivity index (χ2n) is 14.0. The minimum atomic E-state index is -1.48. The molecule has 0 radical (unpaired) electrons. The molecule has 0 bridgehead atoms. The average molecular weight is 736 g/mol. The van der Waals surface area contributed by atoms with E-state index >= 15 is 0 Å². The van der Waals surface area contributed by atoms with Crippen molar-refractivity contribution in [2.75, 3.05) is 0 Å². The predicted molar refractivity (Wildman–Crippen MR) is 209 cm³/mol. The smallest absolute Gasteiger partial charge is 0.408 e. The highest BCUT2D eigenvalue weighted by Gasteiger charge is 2.38. The third-order valence-corrected chi connectivity index (χ3v) is 9.02. The minimum Gasteiger partial charge on any atom is -0.445 e. The molecule has 4 rings (SSSR count). The highest BCUT2D eigenvalue weighted by molar-refractivity contribution is 5.90. The van der Waals surface area contributed by atoms with E-state index in [0.717, 1.165) is 22.3 Å². The van der Waals surface area contributed by atoms with Crippen LogP contribution in [0.25, 0.3) is 0 Å². The number of aliphatic hydroxyl groups is 1. The first-order valence-corrected chi connectivity index (χ1v) is 18.4. The molecular formula is C43H53N5O6. The molecule has 286 valence electrons. The molecule has 0 heterocycles. The summed E-state index contributed by atoms with van der Waals surface area (Å²) in [5.74, 6) is -2.15. The molecule has 0 aliphatic carbocycles. The molecule has 0 aliphatic rings. The van der Waals surface area contributed by atoms with Gasteiger partial charge >= 0.3 is 6.09 Å². The molecule has 0 spiro atoms. The number of nitrogens with one attached hydrogen (secondary N) is 5. The first-order valence-electron chi connectivity index (χ1n) is 18.4. The van der Waals surface area contributed by atoms with Crippen LogP contribution in [0.1, 0.15) is 49.9 Å². The van der Waals surface area contributed by atoms with Crippen LogP contribution in [0.2, 0.25) is 0 Å². The lowest BCUT2D eigenvalue weighted by molar-refractivity contribution is -0.134. The first-order chi connectivity index (χ1) is 26.0. The summed E-state index contributed by atoms with van der Waals surface area (Å²) in [5.41, 5.74) is 3.38. The second-order valence-corrected chi connectivity index (χ2v) is 14.0. The van der Waals surface area contributed by atoms with Gasteiger partial charge in [0.05, 0.1) is 12.1 Å². The number of carbonyl (C=O) groups is 4. The number of rotatable bonds is 19. The van der Waals surface area contributed by atoms with Crippen LogP contribution in [0, 0.1) is 11.8 Å². The van der Waals surface area contributed by atoms with E-state index in [1.165, 1.54) is 0 Å². The number of alkyl carbamates (subject to hydrolysis) is 1. The van der Waals surface area contributed by atoms with Gasteiger partial charge in [0.15, 0.2) is 0 Å². The van der Waals surface area contributed by atoms with E-state index in [2.05, 4.69) is 26.6 Å². The molecule has 6 N–H and O–H groups in total. The molecule has 0 saturated heterocycles. The van der Waals surface area contributed by atoms with Gasteiger partial charge in [-0.25, -0.2) is 4.79 Å². The van der Waals surface area contributed by atoms with Gasteiger partial charge in [-0.2, -0.15) is 0 Å². The van der Waals surface area contributed by atoms with Crippen molar-refractivity contribution < 1.29 is 29.0 Å². The maximum Gasteiger partial charge on any atom is 0.408 e. The lowest BCUT2D eigenvalue weighted by Gasteiger charge is -2.33. The summed E-state index contributed by atoms with van der Waals surface area (Å²) < 4.78 is 5.39. The van der Waals surface area contributed by atoms with Crippen molar-refractivity contribution in [3.05, 3.63) is 144 Å². The maximum absolute atomic E-state index is 14.2. The first kappa shape index (κ1) is 41.2. The summed E-state index contributed by atoms with van der Waals surface area (Å²) in [6.45, 7) is 7.77. The molecule has 5 atom stereocenters. The predicted octanol–water partition coefficient (Wildman–Crippen LogP) is 4.64. The lowest BCUT2D eigenvalue weighted by Crippen LogP contribution is -2.63. The van der Waals surface area contributed by atoms with Gasteiger partial charge in [-0.05, 0) is 40.5 Å².